The first-order chi connectivity index (χ1) is 10.6. The van der Waals surface area contributed by atoms with Gasteiger partial charge in [0.1, 0.15) is 0 Å². The number of nitrogens with zero attached hydrogens (tertiary/aromatic N) is 4. The molecular formula is C15H17ClN4OS. The molecule has 2 heterocycles. The molecule has 5 nitrogen and oxygen atoms in total. The standard InChI is InChI=1S/C15H17ClN4OS/c1-19-14(11-4-6-12(16)7-5-11)17-18-15(19)22-10-13(21)20-8-2-3-9-20/h4-7H,2-3,8-10H2,1H3. The maximum Gasteiger partial charge on any atom is 0.233 e. The van der Waals surface area contributed by atoms with Crippen molar-refractivity contribution in [3.05, 3.63) is 29.3 Å². The van der Waals surface area contributed by atoms with Crippen LogP contribution in [0.15, 0.2) is 29.4 Å². The molecule has 7 heteroatoms. The van der Waals surface area contributed by atoms with E-state index >= 15 is 0 Å². The minimum absolute atomic E-state index is 0.179. The fourth-order valence-corrected chi connectivity index (χ4v) is 3.41. The number of carbonyl (C=O) groups excluding carboxylic acids is 1. The van der Waals surface area contributed by atoms with E-state index in [1.165, 1.54) is 11.8 Å². The lowest BCUT2D eigenvalue weighted by atomic mass is 10.2. The molecular weight excluding hydrogens is 320 g/mol. The van der Waals surface area contributed by atoms with Crippen LogP contribution in [-0.2, 0) is 11.8 Å². The average Bonchev–Trinajstić information content (AvgIpc) is 3.16. The summed E-state index contributed by atoms with van der Waals surface area (Å²) in [5.41, 5.74) is 0.956. The van der Waals surface area contributed by atoms with E-state index < -0.39 is 0 Å². The largest absolute Gasteiger partial charge is 0.342 e. The first-order valence-corrected chi connectivity index (χ1v) is 8.57. The number of hydrogen-bond acceptors (Lipinski definition) is 4. The van der Waals surface area contributed by atoms with Crippen LogP contribution in [-0.4, -0.2) is 44.4 Å². The predicted molar refractivity (Wildman–Crippen MR) is 88.0 cm³/mol. The number of halogens is 1. The number of hydrogen-bond donors (Lipinski definition) is 0. The van der Waals surface area contributed by atoms with Gasteiger partial charge in [-0.2, -0.15) is 0 Å². The molecule has 0 radical (unpaired) electrons. The third kappa shape index (κ3) is 3.28. The highest BCUT2D eigenvalue weighted by Crippen LogP contribution is 2.24. The van der Waals surface area contributed by atoms with Crippen molar-refractivity contribution in [2.24, 2.45) is 7.05 Å². The van der Waals surface area contributed by atoms with Crippen LogP contribution < -0.4 is 0 Å². The second kappa shape index (κ2) is 6.71. The second-order valence-corrected chi connectivity index (χ2v) is 6.63. The molecule has 3 rings (SSSR count). The van der Waals surface area contributed by atoms with E-state index in [9.17, 15) is 4.79 Å². The molecule has 1 amide bonds. The molecule has 1 aromatic carbocycles. The third-order valence-electron chi connectivity index (χ3n) is 3.72. The summed E-state index contributed by atoms with van der Waals surface area (Å²) in [6.07, 6.45) is 2.22. The lowest BCUT2D eigenvalue weighted by molar-refractivity contribution is -0.127. The van der Waals surface area contributed by atoms with Gasteiger partial charge in [-0.3, -0.25) is 4.79 Å². The molecule has 0 aliphatic carbocycles. The fourth-order valence-electron chi connectivity index (χ4n) is 2.48. The number of thioether (sulfide) groups is 1. The van der Waals surface area contributed by atoms with Gasteiger partial charge in [0.05, 0.1) is 5.75 Å². The van der Waals surface area contributed by atoms with Gasteiger partial charge in [-0.1, -0.05) is 23.4 Å². The van der Waals surface area contributed by atoms with Gasteiger partial charge < -0.3 is 9.47 Å². The van der Waals surface area contributed by atoms with E-state index in [0.29, 0.717) is 10.8 Å². The Hall–Kier alpha value is -1.53. The van der Waals surface area contributed by atoms with Crippen molar-refractivity contribution < 1.29 is 4.79 Å². The van der Waals surface area contributed by atoms with Gasteiger partial charge in [0.25, 0.3) is 0 Å². The molecule has 1 aromatic heterocycles. The molecule has 1 aliphatic heterocycles. The molecule has 1 aliphatic rings. The maximum atomic E-state index is 12.1. The van der Waals surface area contributed by atoms with Gasteiger partial charge in [-0.05, 0) is 37.1 Å². The zero-order chi connectivity index (χ0) is 15.5. The Kier molecular flexibility index (Phi) is 4.69. The van der Waals surface area contributed by atoms with Crippen molar-refractivity contribution in [1.29, 1.82) is 0 Å². The smallest absolute Gasteiger partial charge is 0.233 e. The summed E-state index contributed by atoms with van der Waals surface area (Å²) in [5.74, 6) is 1.36. The first kappa shape index (κ1) is 15.4. The zero-order valence-corrected chi connectivity index (χ0v) is 13.9. The predicted octanol–water partition coefficient (Wildman–Crippen LogP) is 2.85. The topological polar surface area (TPSA) is 51.0 Å². The Labute approximate surface area is 138 Å². The van der Waals surface area contributed by atoms with Crippen LogP contribution in [0.1, 0.15) is 12.8 Å². The van der Waals surface area contributed by atoms with Gasteiger partial charge in [-0.15, -0.1) is 10.2 Å². The van der Waals surface area contributed by atoms with E-state index in [2.05, 4.69) is 10.2 Å². The Balaban J connectivity index is 1.68. The molecule has 0 unspecified atom stereocenters. The molecule has 116 valence electrons. The average molecular weight is 337 g/mol. The van der Waals surface area contributed by atoms with E-state index in [1.54, 1.807) is 0 Å². The Morgan fingerprint density at radius 2 is 1.91 bits per heavy atom. The first-order valence-electron chi connectivity index (χ1n) is 7.21. The Bertz CT molecular complexity index is 665. The third-order valence-corrected chi connectivity index (χ3v) is 4.98. The fraction of sp³-hybridized carbons (Fsp3) is 0.400. The number of likely N-dealkylation sites (tertiary alicyclic amines) is 1. The zero-order valence-electron chi connectivity index (χ0n) is 12.3. The molecule has 1 fully saturated rings. The van der Waals surface area contributed by atoms with Crippen LogP contribution >= 0.6 is 23.4 Å². The monoisotopic (exact) mass is 336 g/mol. The van der Waals surface area contributed by atoms with E-state index in [1.807, 2.05) is 40.8 Å². The van der Waals surface area contributed by atoms with Crippen molar-refractivity contribution in [2.75, 3.05) is 18.8 Å². The van der Waals surface area contributed by atoms with Gasteiger partial charge in [0, 0.05) is 30.7 Å². The summed E-state index contributed by atoms with van der Waals surface area (Å²) in [5, 5.41) is 9.84. The Morgan fingerprint density at radius 1 is 1.23 bits per heavy atom. The lowest BCUT2D eigenvalue weighted by Gasteiger charge is -2.14. The van der Waals surface area contributed by atoms with Crippen LogP contribution in [0.25, 0.3) is 11.4 Å². The summed E-state index contributed by atoms with van der Waals surface area (Å²) < 4.78 is 1.91. The molecule has 2 aromatic rings. The Morgan fingerprint density at radius 3 is 2.59 bits per heavy atom. The number of rotatable bonds is 4. The normalized spacial score (nSPS) is 14.5. The van der Waals surface area contributed by atoms with Crippen LogP contribution in [0.2, 0.25) is 5.02 Å². The van der Waals surface area contributed by atoms with E-state index in [-0.39, 0.29) is 5.91 Å². The summed E-state index contributed by atoms with van der Waals surface area (Å²) in [4.78, 5) is 14.0. The van der Waals surface area contributed by atoms with E-state index in [0.717, 1.165) is 42.5 Å². The maximum absolute atomic E-state index is 12.1. The van der Waals surface area contributed by atoms with Crippen LogP contribution in [0.3, 0.4) is 0 Å². The van der Waals surface area contributed by atoms with Crippen molar-refractivity contribution in [1.82, 2.24) is 19.7 Å². The van der Waals surface area contributed by atoms with Crippen LogP contribution in [0, 0.1) is 0 Å². The van der Waals surface area contributed by atoms with Crippen LogP contribution in [0.4, 0.5) is 0 Å². The molecule has 0 saturated carbocycles. The molecule has 0 spiro atoms. The summed E-state index contributed by atoms with van der Waals surface area (Å²) in [7, 11) is 1.91. The quantitative estimate of drug-likeness (QED) is 0.806. The molecule has 1 saturated heterocycles. The van der Waals surface area contributed by atoms with Crippen molar-refractivity contribution >= 4 is 29.3 Å². The van der Waals surface area contributed by atoms with Gasteiger partial charge >= 0.3 is 0 Å². The molecule has 0 bridgehead atoms. The summed E-state index contributed by atoms with van der Waals surface area (Å²) in [6.45, 7) is 1.77. The van der Waals surface area contributed by atoms with Crippen molar-refractivity contribution in [3.8, 4) is 11.4 Å². The molecule has 22 heavy (non-hydrogen) atoms. The van der Waals surface area contributed by atoms with Crippen molar-refractivity contribution in [2.45, 2.75) is 18.0 Å². The summed E-state index contributed by atoms with van der Waals surface area (Å²) >= 11 is 7.33. The minimum Gasteiger partial charge on any atom is -0.342 e. The second-order valence-electron chi connectivity index (χ2n) is 5.25. The van der Waals surface area contributed by atoms with Gasteiger partial charge in [0.15, 0.2) is 11.0 Å². The highest BCUT2D eigenvalue weighted by atomic mass is 35.5. The minimum atomic E-state index is 0.179. The number of benzene rings is 1. The number of carbonyl (C=O) groups is 1. The highest BCUT2D eigenvalue weighted by Gasteiger charge is 2.19. The summed E-state index contributed by atoms with van der Waals surface area (Å²) in [6, 6.07) is 7.48. The number of aromatic nitrogens is 3. The van der Waals surface area contributed by atoms with E-state index in [4.69, 9.17) is 11.6 Å². The molecule has 0 N–H and O–H groups in total. The lowest BCUT2D eigenvalue weighted by Crippen LogP contribution is -2.29. The molecule has 0 atom stereocenters. The van der Waals surface area contributed by atoms with Gasteiger partial charge in [0.2, 0.25) is 5.91 Å². The van der Waals surface area contributed by atoms with Crippen molar-refractivity contribution in [3.63, 3.8) is 0 Å². The van der Waals surface area contributed by atoms with Crippen LogP contribution in [0.5, 0.6) is 0 Å². The number of amides is 1. The SMILES string of the molecule is Cn1c(SCC(=O)N2CCCC2)nnc1-c1ccc(Cl)cc1. The van der Waals surface area contributed by atoms with Gasteiger partial charge in [-0.25, -0.2) is 0 Å². The highest BCUT2D eigenvalue weighted by molar-refractivity contribution is 7.99.